The van der Waals surface area contributed by atoms with Crippen LogP contribution >= 0.6 is 0 Å². The van der Waals surface area contributed by atoms with Crippen LogP contribution in [-0.2, 0) is 14.3 Å². The summed E-state index contributed by atoms with van der Waals surface area (Å²) in [7, 11) is 0. The Kier molecular flexibility index (Phi) is 32.7. The van der Waals surface area contributed by atoms with Crippen LogP contribution < -0.4 is 5.32 Å². The number of rotatable bonds is 36. The molecule has 0 aliphatic carbocycles. The lowest BCUT2D eigenvalue weighted by Crippen LogP contribution is -2.60. The minimum Gasteiger partial charge on any atom is -0.394 e. The number of unbranched alkanes of at least 4 members (excludes halogenated alkanes) is 23. The molecule has 8 atom stereocenters. The van der Waals surface area contributed by atoms with E-state index < -0.39 is 61.5 Å². The molecule has 0 saturated carbocycles. The van der Waals surface area contributed by atoms with E-state index in [1.54, 1.807) is 6.08 Å². The highest BCUT2D eigenvalue weighted by Gasteiger charge is 2.44. The van der Waals surface area contributed by atoms with Gasteiger partial charge in [0, 0.05) is 0 Å². The second-order valence-corrected chi connectivity index (χ2v) is 15.6. The summed E-state index contributed by atoms with van der Waals surface area (Å²) in [6, 6.07) is -0.982. The predicted molar refractivity (Wildman–Crippen MR) is 218 cm³/mol. The molecule has 1 aliphatic rings. The van der Waals surface area contributed by atoms with Crippen molar-refractivity contribution in [2.24, 2.45) is 0 Å². The molecule has 318 valence electrons. The summed E-state index contributed by atoms with van der Waals surface area (Å²) in [5.74, 6) is -0.621. The van der Waals surface area contributed by atoms with Crippen LogP contribution in [0.25, 0.3) is 0 Å². The van der Waals surface area contributed by atoms with Crippen molar-refractivity contribution < 1.29 is 44.9 Å². The molecule has 0 aromatic carbocycles. The Morgan fingerprint density at radius 2 is 1.07 bits per heavy atom. The third-order valence-electron chi connectivity index (χ3n) is 10.6. The van der Waals surface area contributed by atoms with Crippen molar-refractivity contribution in [2.45, 2.75) is 236 Å². The van der Waals surface area contributed by atoms with Gasteiger partial charge in [-0.2, -0.15) is 0 Å². The fourth-order valence-corrected chi connectivity index (χ4v) is 6.92. The monoisotopic (exact) mass is 770 g/mol. The number of aliphatic hydroxyl groups excluding tert-OH is 6. The van der Waals surface area contributed by atoms with Crippen molar-refractivity contribution in [3.63, 3.8) is 0 Å². The lowest BCUT2D eigenvalue weighted by molar-refractivity contribution is -0.302. The Balaban J connectivity index is 2.44. The van der Waals surface area contributed by atoms with Crippen LogP contribution in [0, 0.1) is 0 Å². The third-order valence-corrected chi connectivity index (χ3v) is 10.6. The average molecular weight is 770 g/mol. The van der Waals surface area contributed by atoms with E-state index in [4.69, 9.17) is 9.47 Å². The first-order valence-corrected chi connectivity index (χ1v) is 22.2. The maximum Gasteiger partial charge on any atom is 0.249 e. The summed E-state index contributed by atoms with van der Waals surface area (Å²) in [5.41, 5.74) is 0. The zero-order valence-corrected chi connectivity index (χ0v) is 34.3. The highest BCUT2D eigenvalue weighted by atomic mass is 16.7. The maximum absolute atomic E-state index is 13.0. The standard InChI is InChI=1S/C44H83NO9/c1-3-5-7-9-11-13-15-17-18-19-21-23-25-27-29-31-33-38(48)43(52)45-36(35-53-44-42(51)41(50)40(49)39(34-46)54-44)37(47)32-30-28-26-24-22-20-16-14-12-10-8-6-4-2/h14,16,30,32,36-42,44,46-51H,3-13,15,17-29,31,33-35H2,1-2H3,(H,45,52)/t36?,37?,38?,39-,40-,41+,42-,44?/m1/s1. The van der Waals surface area contributed by atoms with Crippen LogP contribution in [0.3, 0.4) is 0 Å². The quantitative estimate of drug-likeness (QED) is 0.0250. The number of amides is 1. The van der Waals surface area contributed by atoms with Gasteiger partial charge in [0.1, 0.15) is 30.5 Å². The molecule has 10 nitrogen and oxygen atoms in total. The molecule has 0 spiro atoms. The zero-order chi connectivity index (χ0) is 39.7. The fourth-order valence-electron chi connectivity index (χ4n) is 6.92. The molecule has 0 bridgehead atoms. The van der Waals surface area contributed by atoms with Crippen LogP contribution in [0.5, 0.6) is 0 Å². The van der Waals surface area contributed by atoms with Gasteiger partial charge < -0.3 is 45.4 Å². The highest BCUT2D eigenvalue weighted by molar-refractivity contribution is 5.80. The van der Waals surface area contributed by atoms with E-state index in [-0.39, 0.29) is 6.61 Å². The molecular formula is C44H83NO9. The normalized spacial score (nSPS) is 22.3. The zero-order valence-electron chi connectivity index (χ0n) is 34.3. The van der Waals surface area contributed by atoms with Gasteiger partial charge in [0.2, 0.25) is 5.91 Å². The lowest BCUT2D eigenvalue weighted by atomic mass is 9.99. The molecule has 1 fully saturated rings. The molecule has 0 aromatic rings. The first-order valence-electron chi connectivity index (χ1n) is 22.2. The summed E-state index contributed by atoms with van der Waals surface area (Å²) >= 11 is 0. The van der Waals surface area contributed by atoms with Gasteiger partial charge in [-0.15, -0.1) is 0 Å². The summed E-state index contributed by atoms with van der Waals surface area (Å²) in [6.45, 7) is 3.57. The molecule has 1 aliphatic heterocycles. The first kappa shape index (κ1) is 50.6. The lowest BCUT2D eigenvalue weighted by Gasteiger charge is -2.40. The molecule has 4 unspecified atom stereocenters. The molecule has 1 heterocycles. The molecule has 1 rings (SSSR count). The Morgan fingerprint density at radius 3 is 1.57 bits per heavy atom. The number of allylic oxidation sites excluding steroid dienone is 3. The molecule has 0 radical (unpaired) electrons. The summed E-state index contributed by atoms with van der Waals surface area (Å²) < 4.78 is 11.1. The van der Waals surface area contributed by atoms with Gasteiger partial charge in [0.25, 0.3) is 0 Å². The molecule has 1 amide bonds. The number of nitrogens with one attached hydrogen (secondary N) is 1. The number of hydrogen-bond donors (Lipinski definition) is 7. The van der Waals surface area contributed by atoms with Gasteiger partial charge >= 0.3 is 0 Å². The SMILES string of the molecule is CCCCCCC=CCCCCCC=CC(O)C(COC1O[C@H](CO)[C@@H](O)[C@H](O)[C@H]1O)NC(=O)C(O)CCCCCCCCCCCCCCCCCC. The van der Waals surface area contributed by atoms with Gasteiger partial charge in [0.15, 0.2) is 6.29 Å². The van der Waals surface area contributed by atoms with Crippen molar-refractivity contribution in [1.82, 2.24) is 5.32 Å². The Hall–Kier alpha value is -1.37. The van der Waals surface area contributed by atoms with E-state index in [0.29, 0.717) is 6.42 Å². The van der Waals surface area contributed by atoms with Crippen molar-refractivity contribution in [2.75, 3.05) is 13.2 Å². The first-order chi connectivity index (χ1) is 26.3. The predicted octanol–water partition coefficient (Wildman–Crippen LogP) is 7.69. The van der Waals surface area contributed by atoms with Crippen molar-refractivity contribution in [3.8, 4) is 0 Å². The van der Waals surface area contributed by atoms with Crippen molar-refractivity contribution >= 4 is 5.91 Å². The number of ether oxygens (including phenoxy) is 2. The van der Waals surface area contributed by atoms with Gasteiger partial charge in [0.05, 0.1) is 25.4 Å². The van der Waals surface area contributed by atoms with E-state index in [0.717, 1.165) is 64.2 Å². The average Bonchev–Trinajstić information content (AvgIpc) is 3.17. The second-order valence-electron chi connectivity index (χ2n) is 15.6. The maximum atomic E-state index is 13.0. The highest BCUT2D eigenvalue weighted by Crippen LogP contribution is 2.22. The van der Waals surface area contributed by atoms with E-state index in [1.165, 1.54) is 103 Å². The number of aliphatic hydroxyl groups is 6. The third kappa shape index (κ3) is 25.0. The minimum atomic E-state index is -1.61. The molecule has 1 saturated heterocycles. The summed E-state index contributed by atoms with van der Waals surface area (Å²) in [5, 5.41) is 64.5. The molecule has 10 heteroatoms. The van der Waals surface area contributed by atoms with E-state index >= 15 is 0 Å². The van der Waals surface area contributed by atoms with E-state index in [1.807, 2.05) is 6.08 Å². The number of carbonyl (C=O) groups is 1. The van der Waals surface area contributed by atoms with Gasteiger partial charge in [-0.25, -0.2) is 0 Å². The Morgan fingerprint density at radius 1 is 0.630 bits per heavy atom. The van der Waals surface area contributed by atoms with Gasteiger partial charge in [-0.3, -0.25) is 4.79 Å². The van der Waals surface area contributed by atoms with Gasteiger partial charge in [-0.05, 0) is 44.9 Å². The van der Waals surface area contributed by atoms with Crippen LogP contribution in [0.2, 0.25) is 0 Å². The molecule has 54 heavy (non-hydrogen) atoms. The van der Waals surface area contributed by atoms with Gasteiger partial charge in [-0.1, -0.05) is 167 Å². The summed E-state index contributed by atoms with van der Waals surface area (Å²) in [6.07, 6.45) is 29.7. The smallest absolute Gasteiger partial charge is 0.249 e. The summed E-state index contributed by atoms with van der Waals surface area (Å²) in [4.78, 5) is 13.0. The van der Waals surface area contributed by atoms with Crippen LogP contribution in [0.15, 0.2) is 24.3 Å². The Labute approximate surface area is 329 Å². The van der Waals surface area contributed by atoms with Crippen molar-refractivity contribution in [1.29, 1.82) is 0 Å². The second kappa shape index (κ2) is 34.8. The van der Waals surface area contributed by atoms with E-state index in [2.05, 4.69) is 31.3 Å². The molecular weight excluding hydrogens is 686 g/mol. The van der Waals surface area contributed by atoms with Crippen LogP contribution in [0.1, 0.15) is 187 Å². The molecule has 0 aromatic heterocycles. The number of carbonyl (C=O) groups excluding carboxylic acids is 1. The topological polar surface area (TPSA) is 169 Å². The fraction of sp³-hybridized carbons (Fsp3) is 0.886. The van der Waals surface area contributed by atoms with E-state index in [9.17, 15) is 35.4 Å². The van der Waals surface area contributed by atoms with Crippen LogP contribution in [0.4, 0.5) is 0 Å². The molecule has 7 N–H and O–H groups in total. The Bertz CT molecular complexity index is 916. The number of hydrogen-bond acceptors (Lipinski definition) is 9. The largest absolute Gasteiger partial charge is 0.394 e. The van der Waals surface area contributed by atoms with Crippen molar-refractivity contribution in [3.05, 3.63) is 24.3 Å². The van der Waals surface area contributed by atoms with Crippen LogP contribution in [-0.4, -0.2) is 98.7 Å². The minimum absolute atomic E-state index is 0.309.